The molecule has 1 heterocycles. The molecule has 1 N–H and O–H groups in total. The first-order valence-corrected chi connectivity index (χ1v) is 9.17. The second-order valence-corrected chi connectivity index (χ2v) is 10.9. The van der Waals surface area contributed by atoms with Gasteiger partial charge >= 0.3 is 6.03 Å². The standard InChI is InChI=1S/C13H14Cl5N3OS/c1-12(2,3)10-19-21(23-13(16,17)18)11(22)20(10)7-4-5-8(14)9(15)6-7/h4-6,10,19H,1-3H3. The summed E-state index contributed by atoms with van der Waals surface area (Å²) in [5.41, 5.74) is 3.38. The minimum atomic E-state index is -1.67. The first kappa shape index (κ1) is 19.6. The summed E-state index contributed by atoms with van der Waals surface area (Å²) < 4.78 is -0.454. The fourth-order valence-electron chi connectivity index (χ4n) is 2.08. The predicted octanol–water partition coefficient (Wildman–Crippen LogP) is 6.09. The number of benzene rings is 1. The van der Waals surface area contributed by atoms with Crippen LogP contribution in [0.25, 0.3) is 0 Å². The van der Waals surface area contributed by atoms with E-state index in [9.17, 15) is 4.79 Å². The van der Waals surface area contributed by atoms with Crippen molar-refractivity contribution in [1.82, 2.24) is 9.84 Å². The number of urea groups is 1. The van der Waals surface area contributed by atoms with Gasteiger partial charge in [-0.25, -0.2) is 4.79 Å². The largest absolute Gasteiger partial charge is 0.350 e. The van der Waals surface area contributed by atoms with E-state index in [-0.39, 0.29) is 17.6 Å². The Morgan fingerprint density at radius 2 is 1.74 bits per heavy atom. The Hall–Kier alpha value is 0.250. The third-order valence-electron chi connectivity index (χ3n) is 3.07. The summed E-state index contributed by atoms with van der Waals surface area (Å²) in [6.45, 7) is 5.98. The number of carbonyl (C=O) groups is 1. The molecule has 0 aromatic heterocycles. The third-order valence-corrected chi connectivity index (χ3v) is 5.09. The van der Waals surface area contributed by atoms with E-state index in [0.717, 1.165) is 11.9 Å². The molecule has 1 aliphatic rings. The van der Waals surface area contributed by atoms with Gasteiger partial charge in [-0.05, 0) is 23.6 Å². The molecule has 1 aromatic rings. The molecule has 1 aromatic carbocycles. The van der Waals surface area contributed by atoms with E-state index in [1.807, 2.05) is 20.8 Å². The molecule has 1 saturated heterocycles. The number of alkyl halides is 3. The van der Waals surface area contributed by atoms with E-state index in [4.69, 9.17) is 58.0 Å². The molecular formula is C13H14Cl5N3OS. The molecule has 10 heteroatoms. The van der Waals surface area contributed by atoms with Crippen LogP contribution in [-0.2, 0) is 0 Å². The Kier molecular flexibility index (Phi) is 5.84. The fraction of sp³-hybridized carbons (Fsp3) is 0.462. The van der Waals surface area contributed by atoms with Gasteiger partial charge in [0.2, 0.25) is 0 Å². The topological polar surface area (TPSA) is 35.6 Å². The lowest BCUT2D eigenvalue weighted by molar-refractivity contribution is 0.233. The van der Waals surface area contributed by atoms with E-state index in [0.29, 0.717) is 15.7 Å². The zero-order valence-corrected chi connectivity index (χ0v) is 17.0. The second kappa shape index (κ2) is 6.87. The number of amides is 2. The van der Waals surface area contributed by atoms with Gasteiger partial charge in [-0.15, -0.1) is 0 Å². The summed E-state index contributed by atoms with van der Waals surface area (Å²) in [5.74, 6) is 0. The normalized spacial score (nSPS) is 19.7. The zero-order chi connectivity index (χ0) is 17.6. The average Bonchev–Trinajstić information content (AvgIpc) is 2.68. The van der Waals surface area contributed by atoms with Gasteiger partial charge in [0.1, 0.15) is 6.17 Å². The highest BCUT2D eigenvalue weighted by atomic mass is 35.6. The van der Waals surface area contributed by atoms with Gasteiger partial charge in [0.25, 0.3) is 3.12 Å². The Bertz CT molecular complexity index is 617. The highest BCUT2D eigenvalue weighted by Gasteiger charge is 2.46. The van der Waals surface area contributed by atoms with Crippen molar-refractivity contribution in [3.8, 4) is 0 Å². The maximum atomic E-state index is 12.8. The second-order valence-electron chi connectivity index (χ2n) is 5.98. The van der Waals surface area contributed by atoms with Gasteiger partial charge in [0, 0.05) is 17.6 Å². The highest BCUT2D eigenvalue weighted by molar-refractivity contribution is 8.03. The number of hydrazine groups is 1. The van der Waals surface area contributed by atoms with Gasteiger partial charge in [0.15, 0.2) is 0 Å². The third kappa shape index (κ3) is 4.66. The minimum Gasteiger partial charge on any atom is -0.274 e. The number of nitrogens with one attached hydrogen (secondary N) is 1. The van der Waals surface area contributed by atoms with Crippen LogP contribution in [0.15, 0.2) is 18.2 Å². The van der Waals surface area contributed by atoms with E-state index >= 15 is 0 Å². The van der Waals surface area contributed by atoms with Crippen molar-refractivity contribution in [2.75, 3.05) is 4.90 Å². The van der Waals surface area contributed by atoms with Crippen LogP contribution in [0.1, 0.15) is 20.8 Å². The highest BCUT2D eigenvalue weighted by Crippen LogP contribution is 2.44. The molecule has 1 fully saturated rings. The lowest BCUT2D eigenvalue weighted by Crippen LogP contribution is -2.47. The van der Waals surface area contributed by atoms with Gasteiger partial charge < -0.3 is 0 Å². The van der Waals surface area contributed by atoms with Crippen molar-refractivity contribution in [2.45, 2.75) is 30.1 Å². The first-order chi connectivity index (χ1) is 10.4. The van der Waals surface area contributed by atoms with Crippen LogP contribution in [0.2, 0.25) is 10.0 Å². The number of halogens is 5. The first-order valence-electron chi connectivity index (χ1n) is 6.50. The summed E-state index contributed by atoms with van der Waals surface area (Å²) in [4.78, 5) is 14.3. The zero-order valence-electron chi connectivity index (χ0n) is 12.4. The van der Waals surface area contributed by atoms with Crippen LogP contribution in [0.4, 0.5) is 10.5 Å². The molecular weight excluding hydrogens is 423 g/mol. The maximum absolute atomic E-state index is 12.8. The van der Waals surface area contributed by atoms with Crippen LogP contribution in [0.3, 0.4) is 0 Å². The van der Waals surface area contributed by atoms with Crippen LogP contribution in [0, 0.1) is 5.41 Å². The van der Waals surface area contributed by atoms with Crippen molar-refractivity contribution in [2.24, 2.45) is 5.41 Å². The van der Waals surface area contributed by atoms with Crippen LogP contribution < -0.4 is 10.3 Å². The van der Waals surface area contributed by atoms with Crippen molar-refractivity contribution >= 4 is 81.7 Å². The van der Waals surface area contributed by atoms with Crippen LogP contribution in [-0.4, -0.2) is 19.7 Å². The van der Waals surface area contributed by atoms with E-state index in [1.54, 1.807) is 23.1 Å². The predicted molar refractivity (Wildman–Crippen MR) is 100 cm³/mol. The van der Waals surface area contributed by atoms with Gasteiger partial charge in [-0.1, -0.05) is 78.8 Å². The van der Waals surface area contributed by atoms with Gasteiger partial charge in [-0.2, -0.15) is 9.84 Å². The Morgan fingerprint density at radius 3 is 2.22 bits per heavy atom. The molecule has 23 heavy (non-hydrogen) atoms. The lowest BCUT2D eigenvalue weighted by atomic mass is 9.91. The molecule has 1 unspecified atom stereocenters. The minimum absolute atomic E-state index is 0.287. The number of anilines is 1. The molecule has 1 atom stereocenters. The number of hydrogen-bond donors (Lipinski definition) is 1. The van der Waals surface area contributed by atoms with Crippen LogP contribution >= 0.6 is 70.0 Å². The number of carbonyl (C=O) groups excluding carboxylic acids is 1. The maximum Gasteiger partial charge on any atom is 0.350 e. The molecule has 0 bridgehead atoms. The molecule has 4 nitrogen and oxygen atoms in total. The summed E-state index contributed by atoms with van der Waals surface area (Å²) in [6.07, 6.45) is -0.355. The number of rotatable bonds is 2. The monoisotopic (exact) mass is 435 g/mol. The quantitative estimate of drug-likeness (QED) is 0.449. The SMILES string of the molecule is CC(C)(C)C1NN(SC(Cl)(Cl)Cl)C(=O)N1c1ccc(Cl)c(Cl)c1. The number of hydrogen-bond acceptors (Lipinski definition) is 3. The summed E-state index contributed by atoms with van der Waals surface area (Å²) >= 11 is 30.1. The Labute approximate surface area is 164 Å². The summed E-state index contributed by atoms with van der Waals surface area (Å²) in [5, 5.41) is 0.770. The van der Waals surface area contributed by atoms with Crippen molar-refractivity contribution in [1.29, 1.82) is 0 Å². The molecule has 0 aliphatic carbocycles. The Morgan fingerprint density at radius 1 is 1.13 bits per heavy atom. The number of nitrogens with zero attached hydrogens (tertiary/aromatic N) is 2. The molecule has 0 saturated carbocycles. The van der Waals surface area contributed by atoms with Gasteiger partial charge in [-0.3, -0.25) is 4.90 Å². The molecule has 2 rings (SSSR count). The molecule has 2 amide bonds. The Balaban J connectivity index is 2.40. The smallest absolute Gasteiger partial charge is 0.274 e. The lowest BCUT2D eigenvalue weighted by Gasteiger charge is -2.33. The van der Waals surface area contributed by atoms with Crippen molar-refractivity contribution < 1.29 is 4.79 Å². The van der Waals surface area contributed by atoms with Crippen LogP contribution in [0.5, 0.6) is 0 Å². The van der Waals surface area contributed by atoms with Gasteiger partial charge in [0.05, 0.1) is 10.0 Å². The fourth-order valence-corrected chi connectivity index (χ4v) is 3.52. The van der Waals surface area contributed by atoms with Crippen molar-refractivity contribution in [3.05, 3.63) is 28.2 Å². The van der Waals surface area contributed by atoms with E-state index in [2.05, 4.69) is 5.43 Å². The summed E-state index contributed by atoms with van der Waals surface area (Å²) in [7, 11) is 0. The summed E-state index contributed by atoms with van der Waals surface area (Å²) in [6, 6.07) is 4.62. The molecule has 1 aliphatic heterocycles. The molecule has 0 radical (unpaired) electrons. The van der Waals surface area contributed by atoms with Crippen molar-refractivity contribution in [3.63, 3.8) is 0 Å². The van der Waals surface area contributed by atoms with E-state index < -0.39 is 3.12 Å². The molecule has 128 valence electrons. The average molecular weight is 438 g/mol. The molecule has 0 spiro atoms. The van der Waals surface area contributed by atoms with E-state index in [1.165, 1.54) is 4.41 Å².